The second kappa shape index (κ2) is 4.54. The molecule has 0 fully saturated rings. The molecule has 1 heterocycles. The summed E-state index contributed by atoms with van der Waals surface area (Å²) in [5.41, 5.74) is 1.24. The number of aromatic nitrogens is 2. The third kappa shape index (κ3) is 2.01. The highest BCUT2D eigenvalue weighted by Crippen LogP contribution is 2.25. The van der Waals surface area contributed by atoms with Crippen LogP contribution in [0.5, 0.6) is 0 Å². The van der Waals surface area contributed by atoms with Gasteiger partial charge < -0.3 is 4.98 Å². The smallest absolute Gasteiger partial charge is 0.184 e. The summed E-state index contributed by atoms with van der Waals surface area (Å²) in [7, 11) is 0. The van der Waals surface area contributed by atoms with Crippen LogP contribution < -0.4 is 0 Å². The van der Waals surface area contributed by atoms with Crippen LogP contribution in [0.25, 0.3) is 16.7 Å². The Kier molecular flexibility index (Phi) is 2.99. The van der Waals surface area contributed by atoms with E-state index in [-0.39, 0.29) is 5.52 Å². The molecule has 19 heavy (non-hydrogen) atoms. The van der Waals surface area contributed by atoms with Gasteiger partial charge >= 0.3 is 0 Å². The van der Waals surface area contributed by atoms with E-state index in [1.54, 1.807) is 18.2 Å². The normalized spacial score (nSPS) is 11.1. The van der Waals surface area contributed by atoms with Crippen molar-refractivity contribution in [1.29, 1.82) is 0 Å². The van der Waals surface area contributed by atoms with Gasteiger partial charge in [-0.15, -0.1) is 0 Å². The van der Waals surface area contributed by atoms with E-state index in [0.717, 1.165) is 10.5 Å². The molecular formula is C13H7BrF2N2S. The van der Waals surface area contributed by atoms with Crippen LogP contribution in [0.4, 0.5) is 8.78 Å². The van der Waals surface area contributed by atoms with E-state index in [4.69, 9.17) is 12.2 Å². The van der Waals surface area contributed by atoms with Crippen LogP contribution in [-0.4, -0.2) is 9.55 Å². The molecule has 3 rings (SSSR count). The zero-order valence-electron chi connectivity index (χ0n) is 9.45. The molecule has 0 saturated heterocycles. The van der Waals surface area contributed by atoms with E-state index in [1.807, 2.05) is 6.07 Å². The first kappa shape index (κ1) is 12.5. The van der Waals surface area contributed by atoms with Crippen molar-refractivity contribution in [2.45, 2.75) is 0 Å². The second-order valence-corrected chi connectivity index (χ2v) is 5.31. The molecule has 0 atom stereocenters. The predicted octanol–water partition coefficient (Wildman–Crippen LogP) is 4.73. The zero-order valence-corrected chi connectivity index (χ0v) is 11.9. The molecule has 3 aromatic rings. The molecule has 2 nitrogen and oxygen atoms in total. The molecule has 1 N–H and O–H groups in total. The quantitative estimate of drug-likeness (QED) is 0.635. The van der Waals surface area contributed by atoms with Gasteiger partial charge in [-0.05, 0) is 42.5 Å². The SMILES string of the molecule is Fc1ccc2[nH]c(=S)n(-c3cccc(Br)c3)c2c1F. The van der Waals surface area contributed by atoms with Crippen molar-refractivity contribution >= 4 is 39.2 Å². The Bertz CT molecular complexity index is 838. The van der Waals surface area contributed by atoms with E-state index in [2.05, 4.69) is 20.9 Å². The van der Waals surface area contributed by atoms with Crippen molar-refractivity contribution in [2.75, 3.05) is 0 Å². The van der Waals surface area contributed by atoms with Gasteiger partial charge in [0.2, 0.25) is 0 Å². The Morgan fingerprint density at radius 1 is 1.16 bits per heavy atom. The summed E-state index contributed by atoms with van der Waals surface area (Å²) in [6, 6.07) is 9.76. The predicted molar refractivity (Wildman–Crippen MR) is 76.1 cm³/mol. The monoisotopic (exact) mass is 340 g/mol. The summed E-state index contributed by atoms with van der Waals surface area (Å²) in [6.07, 6.45) is 0. The summed E-state index contributed by atoms with van der Waals surface area (Å²) in [6.45, 7) is 0. The fourth-order valence-electron chi connectivity index (χ4n) is 1.99. The Hall–Kier alpha value is -1.53. The van der Waals surface area contributed by atoms with Crippen LogP contribution in [0.3, 0.4) is 0 Å². The zero-order chi connectivity index (χ0) is 13.6. The van der Waals surface area contributed by atoms with Crippen LogP contribution in [0.1, 0.15) is 0 Å². The minimum atomic E-state index is -0.912. The number of aromatic amines is 1. The van der Waals surface area contributed by atoms with Gasteiger partial charge in [-0.1, -0.05) is 22.0 Å². The van der Waals surface area contributed by atoms with Gasteiger partial charge in [0.25, 0.3) is 0 Å². The highest BCUT2D eigenvalue weighted by Gasteiger charge is 2.14. The maximum absolute atomic E-state index is 14.0. The largest absolute Gasteiger partial charge is 0.330 e. The summed E-state index contributed by atoms with van der Waals surface area (Å²) in [4.78, 5) is 2.87. The van der Waals surface area contributed by atoms with Crippen LogP contribution in [0.15, 0.2) is 40.9 Å². The number of fused-ring (bicyclic) bond motifs is 1. The number of nitrogens with one attached hydrogen (secondary N) is 1. The van der Waals surface area contributed by atoms with Crippen LogP contribution in [-0.2, 0) is 0 Å². The molecule has 0 aliphatic carbocycles. The van der Waals surface area contributed by atoms with Gasteiger partial charge in [0, 0.05) is 10.2 Å². The summed E-state index contributed by atoms with van der Waals surface area (Å²) in [5.74, 6) is -1.81. The second-order valence-electron chi connectivity index (χ2n) is 4.00. The lowest BCUT2D eigenvalue weighted by Gasteiger charge is -2.06. The van der Waals surface area contributed by atoms with E-state index in [1.165, 1.54) is 10.6 Å². The molecule has 6 heteroatoms. The first-order chi connectivity index (χ1) is 9.08. The number of nitrogens with zero attached hydrogens (tertiary/aromatic N) is 1. The maximum atomic E-state index is 14.0. The number of imidazole rings is 1. The van der Waals surface area contributed by atoms with E-state index < -0.39 is 11.6 Å². The van der Waals surface area contributed by atoms with Crippen molar-refractivity contribution in [3.63, 3.8) is 0 Å². The molecular weight excluding hydrogens is 334 g/mol. The molecule has 0 bridgehead atoms. The van der Waals surface area contributed by atoms with Crippen LogP contribution in [0.2, 0.25) is 0 Å². The lowest BCUT2D eigenvalue weighted by atomic mass is 10.2. The van der Waals surface area contributed by atoms with Gasteiger partial charge in [0.05, 0.1) is 5.52 Å². The standard InChI is InChI=1S/C13H7BrF2N2S/c14-7-2-1-3-8(6-7)18-12-10(17-13(18)19)5-4-9(15)11(12)16/h1-6H,(H,17,19). The van der Waals surface area contributed by atoms with Gasteiger partial charge in [-0.25, -0.2) is 8.78 Å². The van der Waals surface area contributed by atoms with Gasteiger partial charge in [0.15, 0.2) is 16.4 Å². The van der Waals surface area contributed by atoms with Crippen molar-refractivity contribution < 1.29 is 8.78 Å². The Morgan fingerprint density at radius 2 is 1.95 bits per heavy atom. The number of hydrogen-bond donors (Lipinski definition) is 1. The summed E-state index contributed by atoms with van der Waals surface area (Å²) < 4.78 is 30.0. The summed E-state index contributed by atoms with van der Waals surface area (Å²) in [5, 5.41) is 0. The lowest BCUT2D eigenvalue weighted by Crippen LogP contribution is -1.97. The Balaban J connectivity index is 2.44. The number of halogens is 3. The molecule has 0 aliphatic rings. The Labute approximate surface area is 120 Å². The van der Waals surface area contributed by atoms with Gasteiger partial charge in [-0.2, -0.15) is 0 Å². The number of benzene rings is 2. The highest BCUT2D eigenvalue weighted by atomic mass is 79.9. The molecule has 2 aromatic carbocycles. The Morgan fingerprint density at radius 3 is 2.68 bits per heavy atom. The molecule has 0 unspecified atom stereocenters. The van der Waals surface area contributed by atoms with E-state index in [0.29, 0.717) is 16.0 Å². The minimum absolute atomic E-state index is 0.114. The van der Waals surface area contributed by atoms with Gasteiger partial charge in [0.1, 0.15) is 5.52 Å². The van der Waals surface area contributed by atoms with Crippen molar-refractivity contribution in [3.05, 3.63) is 57.3 Å². The topological polar surface area (TPSA) is 20.7 Å². The average molecular weight is 341 g/mol. The fourth-order valence-corrected chi connectivity index (χ4v) is 2.69. The molecule has 0 saturated carbocycles. The fraction of sp³-hybridized carbons (Fsp3) is 0. The molecule has 0 aliphatic heterocycles. The summed E-state index contributed by atoms with van der Waals surface area (Å²) >= 11 is 8.53. The average Bonchev–Trinajstić information content (AvgIpc) is 2.71. The molecule has 96 valence electrons. The van der Waals surface area contributed by atoms with E-state index >= 15 is 0 Å². The molecule has 0 radical (unpaired) electrons. The highest BCUT2D eigenvalue weighted by molar-refractivity contribution is 9.10. The van der Waals surface area contributed by atoms with Crippen molar-refractivity contribution in [1.82, 2.24) is 9.55 Å². The first-order valence-electron chi connectivity index (χ1n) is 5.42. The number of rotatable bonds is 1. The van der Waals surface area contributed by atoms with Crippen LogP contribution in [0, 0.1) is 16.4 Å². The molecule has 0 spiro atoms. The third-order valence-electron chi connectivity index (χ3n) is 2.80. The number of hydrogen-bond acceptors (Lipinski definition) is 1. The van der Waals surface area contributed by atoms with Gasteiger partial charge in [-0.3, -0.25) is 4.57 Å². The minimum Gasteiger partial charge on any atom is -0.330 e. The van der Waals surface area contributed by atoms with Crippen molar-refractivity contribution in [3.8, 4) is 5.69 Å². The third-order valence-corrected chi connectivity index (χ3v) is 3.58. The van der Waals surface area contributed by atoms with Crippen LogP contribution >= 0.6 is 28.1 Å². The van der Waals surface area contributed by atoms with E-state index in [9.17, 15) is 8.78 Å². The lowest BCUT2D eigenvalue weighted by molar-refractivity contribution is 0.514. The molecule has 0 amide bonds. The molecule has 1 aromatic heterocycles. The first-order valence-corrected chi connectivity index (χ1v) is 6.63. The van der Waals surface area contributed by atoms with Crippen molar-refractivity contribution in [2.24, 2.45) is 0 Å². The maximum Gasteiger partial charge on any atom is 0.184 e. The number of H-pyrrole nitrogens is 1.